The molecule has 0 aromatic carbocycles. The third-order valence-corrected chi connectivity index (χ3v) is 4.67. The lowest BCUT2D eigenvalue weighted by atomic mass is 10.3. The number of ether oxygens (including phenoxy) is 1. The van der Waals surface area contributed by atoms with Crippen molar-refractivity contribution >= 4 is 10.0 Å². The first-order chi connectivity index (χ1) is 9.39. The van der Waals surface area contributed by atoms with Crippen molar-refractivity contribution in [3.8, 4) is 0 Å². The topological polar surface area (TPSA) is 87.3 Å². The van der Waals surface area contributed by atoms with Crippen molar-refractivity contribution < 1.29 is 13.2 Å². The Morgan fingerprint density at radius 3 is 2.80 bits per heavy atom. The van der Waals surface area contributed by atoms with E-state index in [4.69, 9.17) is 4.74 Å². The fourth-order valence-electron chi connectivity index (χ4n) is 1.58. The molecule has 0 saturated heterocycles. The second-order valence-electron chi connectivity index (χ2n) is 4.78. The van der Waals surface area contributed by atoms with Crippen LogP contribution < -0.4 is 5.32 Å². The normalized spacial score (nSPS) is 12.5. The molecule has 0 saturated carbocycles. The van der Waals surface area contributed by atoms with E-state index in [0.717, 1.165) is 0 Å². The van der Waals surface area contributed by atoms with Gasteiger partial charge in [0.25, 0.3) is 10.0 Å². The lowest BCUT2D eigenvalue weighted by Crippen LogP contribution is -2.32. The quantitative estimate of drug-likeness (QED) is 0.651. The summed E-state index contributed by atoms with van der Waals surface area (Å²) in [5.74, 6) is 0. The Kier molecular flexibility index (Phi) is 6.60. The predicted molar refractivity (Wildman–Crippen MR) is 76.9 cm³/mol. The van der Waals surface area contributed by atoms with Crippen LogP contribution in [0.2, 0.25) is 0 Å². The van der Waals surface area contributed by atoms with Crippen LogP contribution in [0.5, 0.6) is 0 Å². The minimum absolute atomic E-state index is 0.143. The van der Waals surface area contributed by atoms with Gasteiger partial charge in [0.15, 0.2) is 5.03 Å². The van der Waals surface area contributed by atoms with E-state index in [-0.39, 0.29) is 11.1 Å². The number of H-pyrrole nitrogens is 1. The molecule has 0 spiro atoms. The van der Waals surface area contributed by atoms with Gasteiger partial charge in [-0.2, -0.15) is 9.40 Å². The maximum absolute atomic E-state index is 12.4. The second-order valence-corrected chi connectivity index (χ2v) is 6.77. The van der Waals surface area contributed by atoms with Crippen LogP contribution in [-0.2, 0) is 21.3 Å². The van der Waals surface area contributed by atoms with Gasteiger partial charge in [0.2, 0.25) is 0 Å². The summed E-state index contributed by atoms with van der Waals surface area (Å²) >= 11 is 0. The Morgan fingerprint density at radius 2 is 2.20 bits per heavy atom. The molecule has 1 aromatic rings. The largest absolute Gasteiger partial charge is 0.380 e. The summed E-state index contributed by atoms with van der Waals surface area (Å²) in [5.41, 5.74) is 0.641. The van der Waals surface area contributed by atoms with E-state index < -0.39 is 10.0 Å². The number of nitrogens with one attached hydrogen (secondary N) is 2. The van der Waals surface area contributed by atoms with Crippen molar-refractivity contribution in [2.24, 2.45) is 0 Å². The zero-order chi connectivity index (χ0) is 15.2. The molecule has 7 nitrogen and oxygen atoms in total. The summed E-state index contributed by atoms with van der Waals surface area (Å²) in [4.78, 5) is 0. The second kappa shape index (κ2) is 7.72. The first-order valence-electron chi connectivity index (χ1n) is 6.69. The molecule has 2 N–H and O–H groups in total. The Labute approximate surface area is 120 Å². The Hall–Kier alpha value is -0.960. The van der Waals surface area contributed by atoms with Gasteiger partial charge in [-0.25, -0.2) is 8.42 Å². The summed E-state index contributed by atoms with van der Waals surface area (Å²) in [6.45, 7) is 7.60. The van der Waals surface area contributed by atoms with E-state index in [9.17, 15) is 8.42 Å². The standard InChI is InChI=1S/C12H24N4O3S/c1-5-19-7-6-16(4)20(17,18)12-11(9-14-15-12)8-13-10(2)3/h9-10,13H,5-8H2,1-4H3,(H,14,15). The van der Waals surface area contributed by atoms with Crippen molar-refractivity contribution in [1.29, 1.82) is 0 Å². The van der Waals surface area contributed by atoms with Gasteiger partial charge in [-0.15, -0.1) is 0 Å². The molecule has 20 heavy (non-hydrogen) atoms. The highest BCUT2D eigenvalue weighted by Gasteiger charge is 2.25. The minimum Gasteiger partial charge on any atom is -0.380 e. The highest BCUT2D eigenvalue weighted by Crippen LogP contribution is 2.16. The number of hydrogen-bond donors (Lipinski definition) is 2. The zero-order valence-electron chi connectivity index (χ0n) is 12.5. The number of sulfonamides is 1. The van der Waals surface area contributed by atoms with Crippen LogP contribution in [0.3, 0.4) is 0 Å². The zero-order valence-corrected chi connectivity index (χ0v) is 13.3. The first kappa shape index (κ1) is 17.1. The Balaban J connectivity index is 2.79. The summed E-state index contributed by atoms with van der Waals surface area (Å²) in [5, 5.41) is 9.75. The van der Waals surface area contributed by atoms with E-state index in [1.165, 1.54) is 11.4 Å². The molecule has 1 heterocycles. The molecule has 0 atom stereocenters. The van der Waals surface area contributed by atoms with E-state index >= 15 is 0 Å². The van der Waals surface area contributed by atoms with Crippen molar-refractivity contribution in [1.82, 2.24) is 19.8 Å². The van der Waals surface area contributed by atoms with Crippen LogP contribution >= 0.6 is 0 Å². The van der Waals surface area contributed by atoms with Crippen LogP contribution in [0.1, 0.15) is 26.3 Å². The monoisotopic (exact) mass is 304 g/mol. The molecule has 0 amide bonds. The average Bonchev–Trinajstić information content (AvgIpc) is 2.85. The van der Waals surface area contributed by atoms with Crippen LogP contribution in [0, 0.1) is 0 Å². The SMILES string of the molecule is CCOCCN(C)S(=O)(=O)c1[nH]ncc1CNC(C)C. The van der Waals surface area contributed by atoms with Gasteiger partial charge in [-0.3, -0.25) is 5.10 Å². The molecule has 0 fully saturated rings. The van der Waals surface area contributed by atoms with Gasteiger partial charge in [0.1, 0.15) is 0 Å². The molecule has 0 bridgehead atoms. The molecule has 0 aliphatic carbocycles. The lowest BCUT2D eigenvalue weighted by molar-refractivity contribution is 0.138. The van der Waals surface area contributed by atoms with Crippen LogP contribution in [-0.4, -0.2) is 55.8 Å². The molecule has 1 rings (SSSR count). The fourth-order valence-corrected chi connectivity index (χ4v) is 2.83. The van der Waals surface area contributed by atoms with E-state index in [2.05, 4.69) is 15.5 Å². The summed E-state index contributed by atoms with van der Waals surface area (Å²) < 4.78 is 31.3. The van der Waals surface area contributed by atoms with Gasteiger partial charge >= 0.3 is 0 Å². The third-order valence-electron chi connectivity index (χ3n) is 2.80. The molecule has 0 aliphatic heterocycles. The van der Waals surface area contributed by atoms with Crippen molar-refractivity contribution in [3.05, 3.63) is 11.8 Å². The van der Waals surface area contributed by atoms with Crippen LogP contribution in [0.25, 0.3) is 0 Å². The first-order valence-corrected chi connectivity index (χ1v) is 8.13. The minimum atomic E-state index is -3.56. The van der Waals surface area contributed by atoms with Crippen molar-refractivity contribution in [2.45, 2.75) is 38.4 Å². The van der Waals surface area contributed by atoms with Gasteiger partial charge < -0.3 is 10.1 Å². The van der Waals surface area contributed by atoms with Crippen molar-refractivity contribution in [3.63, 3.8) is 0 Å². The number of rotatable bonds is 9. The van der Waals surface area contributed by atoms with Crippen LogP contribution in [0.4, 0.5) is 0 Å². The Bertz CT molecular complexity index is 499. The molecule has 1 aromatic heterocycles. The van der Waals surface area contributed by atoms with Crippen molar-refractivity contribution in [2.75, 3.05) is 26.8 Å². The average molecular weight is 304 g/mol. The summed E-state index contributed by atoms with van der Waals surface area (Å²) in [6.07, 6.45) is 1.54. The number of likely N-dealkylation sites (N-methyl/N-ethyl adjacent to an activating group) is 1. The predicted octanol–water partition coefficient (Wildman–Crippen LogP) is 0.565. The lowest BCUT2D eigenvalue weighted by Gasteiger charge is -2.17. The molecule has 0 unspecified atom stereocenters. The van der Waals surface area contributed by atoms with Crippen LogP contribution in [0.15, 0.2) is 11.2 Å². The highest BCUT2D eigenvalue weighted by molar-refractivity contribution is 7.89. The maximum atomic E-state index is 12.4. The number of aromatic nitrogens is 2. The summed E-state index contributed by atoms with van der Waals surface area (Å²) in [7, 11) is -2.02. The van der Waals surface area contributed by atoms with Gasteiger partial charge in [-0.1, -0.05) is 13.8 Å². The fraction of sp³-hybridized carbons (Fsp3) is 0.750. The Morgan fingerprint density at radius 1 is 1.50 bits per heavy atom. The van der Waals surface area contributed by atoms with Gasteiger partial charge in [0, 0.05) is 38.3 Å². The smallest absolute Gasteiger partial charge is 0.260 e. The molecule has 0 aliphatic rings. The van der Waals surface area contributed by atoms with Gasteiger partial charge in [0.05, 0.1) is 12.8 Å². The maximum Gasteiger partial charge on any atom is 0.260 e. The molecular formula is C12H24N4O3S. The molecular weight excluding hydrogens is 280 g/mol. The molecule has 8 heteroatoms. The van der Waals surface area contributed by atoms with E-state index in [0.29, 0.717) is 31.9 Å². The number of aromatic amines is 1. The van der Waals surface area contributed by atoms with E-state index in [1.54, 1.807) is 6.20 Å². The molecule has 116 valence electrons. The highest BCUT2D eigenvalue weighted by atomic mass is 32.2. The summed E-state index contributed by atoms with van der Waals surface area (Å²) in [6, 6.07) is 0.274. The number of hydrogen-bond acceptors (Lipinski definition) is 5. The van der Waals surface area contributed by atoms with Gasteiger partial charge in [-0.05, 0) is 6.92 Å². The third kappa shape index (κ3) is 4.55. The molecule has 0 radical (unpaired) electrons. The van der Waals surface area contributed by atoms with E-state index in [1.807, 2.05) is 20.8 Å². The number of nitrogens with zero attached hydrogens (tertiary/aromatic N) is 2.